The number of aryl methyl sites for hydroxylation is 2. The summed E-state index contributed by atoms with van der Waals surface area (Å²) in [6.07, 6.45) is 3.53. The minimum absolute atomic E-state index is 0.220. The Labute approximate surface area is 105 Å². The highest BCUT2D eigenvalue weighted by Gasteiger charge is 2.13. The first-order chi connectivity index (χ1) is 8.58. The van der Waals surface area contributed by atoms with E-state index in [0.29, 0.717) is 5.56 Å². The van der Waals surface area contributed by atoms with Gasteiger partial charge in [-0.05, 0) is 31.0 Å². The molecule has 0 radical (unpaired) electrons. The minimum Gasteiger partial charge on any atom is -0.478 e. The summed E-state index contributed by atoms with van der Waals surface area (Å²) in [6, 6.07) is 3.21. The number of rotatable bonds is 4. The highest BCUT2D eigenvalue weighted by atomic mass is 16.4. The van der Waals surface area contributed by atoms with Crippen LogP contribution >= 0.6 is 0 Å². The molecule has 0 saturated carbocycles. The third kappa shape index (κ3) is 1.90. The lowest BCUT2D eigenvalue weighted by atomic mass is 10.1. The van der Waals surface area contributed by atoms with Gasteiger partial charge in [-0.2, -0.15) is 0 Å². The largest absolute Gasteiger partial charge is 0.478 e. The van der Waals surface area contributed by atoms with Crippen LogP contribution in [0.2, 0.25) is 0 Å². The molecule has 0 saturated heterocycles. The smallest absolute Gasteiger partial charge is 0.335 e. The SMILES string of the molecule is CCCn1cc(C=O)c2cc(C(=O)O)cc(C)c21. The molecule has 94 valence electrons. The molecule has 4 nitrogen and oxygen atoms in total. The molecule has 0 atom stereocenters. The zero-order chi connectivity index (χ0) is 13.3. The molecule has 1 N–H and O–H groups in total. The van der Waals surface area contributed by atoms with Gasteiger partial charge in [0.1, 0.15) is 0 Å². The monoisotopic (exact) mass is 245 g/mol. The van der Waals surface area contributed by atoms with Crippen molar-refractivity contribution in [2.24, 2.45) is 0 Å². The second-order valence-electron chi connectivity index (χ2n) is 4.39. The van der Waals surface area contributed by atoms with Gasteiger partial charge in [-0.3, -0.25) is 4.79 Å². The number of carboxylic acid groups (broad SMARTS) is 1. The van der Waals surface area contributed by atoms with Crippen molar-refractivity contribution >= 4 is 23.2 Å². The zero-order valence-corrected chi connectivity index (χ0v) is 10.4. The molecule has 0 aliphatic carbocycles. The highest BCUT2D eigenvalue weighted by molar-refractivity contribution is 6.02. The molecule has 0 bridgehead atoms. The van der Waals surface area contributed by atoms with Crippen LogP contribution in [-0.4, -0.2) is 21.9 Å². The summed E-state index contributed by atoms with van der Waals surface area (Å²) in [5, 5.41) is 9.77. The van der Waals surface area contributed by atoms with E-state index in [4.69, 9.17) is 5.11 Å². The minimum atomic E-state index is -0.972. The summed E-state index contributed by atoms with van der Waals surface area (Å²) in [6.45, 7) is 4.75. The van der Waals surface area contributed by atoms with Gasteiger partial charge in [0.15, 0.2) is 6.29 Å². The van der Waals surface area contributed by atoms with E-state index in [0.717, 1.165) is 35.7 Å². The molecule has 1 aromatic heterocycles. The Balaban J connectivity index is 2.78. The van der Waals surface area contributed by atoms with Crippen LogP contribution in [0.5, 0.6) is 0 Å². The molecule has 0 aliphatic heterocycles. The van der Waals surface area contributed by atoms with Gasteiger partial charge in [-0.1, -0.05) is 6.92 Å². The lowest BCUT2D eigenvalue weighted by Crippen LogP contribution is -1.99. The zero-order valence-electron chi connectivity index (χ0n) is 10.4. The van der Waals surface area contributed by atoms with Gasteiger partial charge in [-0.15, -0.1) is 0 Å². The Kier molecular flexibility index (Phi) is 3.19. The third-order valence-corrected chi connectivity index (χ3v) is 3.03. The normalized spacial score (nSPS) is 10.8. The van der Waals surface area contributed by atoms with E-state index in [-0.39, 0.29) is 5.56 Å². The Morgan fingerprint density at radius 2 is 2.17 bits per heavy atom. The summed E-state index contributed by atoms with van der Waals surface area (Å²) in [7, 11) is 0. The number of fused-ring (bicyclic) bond motifs is 1. The molecular weight excluding hydrogens is 230 g/mol. The fourth-order valence-electron chi connectivity index (χ4n) is 2.32. The summed E-state index contributed by atoms with van der Waals surface area (Å²) in [5.41, 5.74) is 2.59. The van der Waals surface area contributed by atoms with Crippen LogP contribution in [0.1, 0.15) is 39.6 Å². The fraction of sp³-hybridized carbons (Fsp3) is 0.286. The number of aromatic nitrogens is 1. The fourth-order valence-corrected chi connectivity index (χ4v) is 2.32. The van der Waals surface area contributed by atoms with E-state index in [1.807, 2.05) is 11.5 Å². The van der Waals surface area contributed by atoms with Crippen LogP contribution < -0.4 is 0 Å². The average molecular weight is 245 g/mol. The molecule has 0 fully saturated rings. The number of hydrogen-bond donors (Lipinski definition) is 1. The predicted molar refractivity (Wildman–Crippen MR) is 69.3 cm³/mol. The second kappa shape index (κ2) is 4.64. The first kappa shape index (κ1) is 12.4. The summed E-state index contributed by atoms with van der Waals surface area (Å²) in [5.74, 6) is -0.972. The molecule has 0 amide bonds. The van der Waals surface area contributed by atoms with Crippen molar-refractivity contribution in [1.29, 1.82) is 0 Å². The van der Waals surface area contributed by atoms with Gasteiger partial charge in [-0.25, -0.2) is 4.79 Å². The maximum Gasteiger partial charge on any atom is 0.335 e. The molecule has 18 heavy (non-hydrogen) atoms. The molecule has 0 aliphatic rings. The van der Waals surface area contributed by atoms with Crippen molar-refractivity contribution in [2.45, 2.75) is 26.8 Å². The molecule has 4 heteroatoms. The highest BCUT2D eigenvalue weighted by Crippen LogP contribution is 2.26. The number of carbonyl (C=O) groups is 2. The number of carboxylic acids is 1. The Morgan fingerprint density at radius 1 is 1.44 bits per heavy atom. The molecule has 1 heterocycles. The first-order valence-corrected chi connectivity index (χ1v) is 5.90. The Hall–Kier alpha value is -2.10. The van der Waals surface area contributed by atoms with Crippen molar-refractivity contribution in [3.8, 4) is 0 Å². The standard InChI is InChI=1S/C14H15NO3/c1-3-4-15-7-11(8-16)12-6-10(14(17)18)5-9(2)13(12)15/h5-8H,3-4H2,1-2H3,(H,17,18). The maximum absolute atomic E-state index is 11.1. The van der Waals surface area contributed by atoms with Crippen molar-refractivity contribution in [2.75, 3.05) is 0 Å². The van der Waals surface area contributed by atoms with E-state index in [9.17, 15) is 9.59 Å². The molecule has 1 aromatic carbocycles. The number of hydrogen-bond acceptors (Lipinski definition) is 2. The van der Waals surface area contributed by atoms with Gasteiger partial charge in [0.2, 0.25) is 0 Å². The van der Waals surface area contributed by atoms with Crippen molar-refractivity contribution in [3.63, 3.8) is 0 Å². The van der Waals surface area contributed by atoms with Crippen LogP contribution in [0.3, 0.4) is 0 Å². The van der Waals surface area contributed by atoms with Crippen molar-refractivity contribution in [3.05, 3.63) is 35.0 Å². The van der Waals surface area contributed by atoms with E-state index < -0.39 is 5.97 Å². The molecular formula is C14H15NO3. The predicted octanol–water partition coefficient (Wildman–Crippen LogP) is 2.87. The summed E-state index contributed by atoms with van der Waals surface area (Å²) < 4.78 is 2.01. The first-order valence-electron chi connectivity index (χ1n) is 5.90. The van der Waals surface area contributed by atoms with Gasteiger partial charge in [0, 0.05) is 23.7 Å². The quantitative estimate of drug-likeness (QED) is 0.842. The van der Waals surface area contributed by atoms with Crippen LogP contribution in [0.15, 0.2) is 18.3 Å². The number of nitrogens with zero attached hydrogens (tertiary/aromatic N) is 1. The third-order valence-electron chi connectivity index (χ3n) is 3.03. The van der Waals surface area contributed by atoms with Crippen molar-refractivity contribution in [1.82, 2.24) is 4.57 Å². The average Bonchev–Trinajstić information content (AvgIpc) is 2.68. The molecule has 2 rings (SSSR count). The summed E-state index contributed by atoms with van der Waals surface area (Å²) >= 11 is 0. The molecule has 0 spiro atoms. The maximum atomic E-state index is 11.1. The topological polar surface area (TPSA) is 59.3 Å². The molecule has 2 aromatic rings. The van der Waals surface area contributed by atoms with E-state index in [1.165, 1.54) is 0 Å². The Morgan fingerprint density at radius 3 is 2.72 bits per heavy atom. The number of aldehydes is 1. The number of carbonyl (C=O) groups excluding carboxylic acids is 1. The lowest BCUT2D eigenvalue weighted by Gasteiger charge is -2.06. The lowest BCUT2D eigenvalue weighted by molar-refractivity contribution is 0.0696. The van der Waals surface area contributed by atoms with E-state index in [1.54, 1.807) is 18.3 Å². The van der Waals surface area contributed by atoms with Crippen LogP contribution in [0, 0.1) is 6.92 Å². The second-order valence-corrected chi connectivity index (χ2v) is 4.39. The Bertz CT molecular complexity index is 625. The van der Waals surface area contributed by atoms with Gasteiger partial charge >= 0.3 is 5.97 Å². The van der Waals surface area contributed by atoms with E-state index in [2.05, 4.69) is 6.92 Å². The van der Waals surface area contributed by atoms with Crippen molar-refractivity contribution < 1.29 is 14.7 Å². The van der Waals surface area contributed by atoms with Crippen LogP contribution in [0.4, 0.5) is 0 Å². The number of aromatic carboxylic acids is 1. The number of benzene rings is 1. The molecule has 0 unspecified atom stereocenters. The van der Waals surface area contributed by atoms with Gasteiger partial charge in [0.05, 0.1) is 11.1 Å². The van der Waals surface area contributed by atoms with Crippen LogP contribution in [0.25, 0.3) is 10.9 Å². The van der Waals surface area contributed by atoms with E-state index >= 15 is 0 Å². The van der Waals surface area contributed by atoms with Gasteiger partial charge < -0.3 is 9.67 Å². The van der Waals surface area contributed by atoms with Gasteiger partial charge in [0.25, 0.3) is 0 Å². The van der Waals surface area contributed by atoms with Crippen LogP contribution in [-0.2, 0) is 6.54 Å². The summed E-state index contributed by atoms with van der Waals surface area (Å²) in [4.78, 5) is 22.1.